The molecule has 1 aliphatic rings. The maximum absolute atomic E-state index is 14.4. The van der Waals surface area contributed by atoms with E-state index < -0.39 is 5.97 Å². The summed E-state index contributed by atoms with van der Waals surface area (Å²) in [7, 11) is 2.84. The number of rotatable bonds is 8. The lowest BCUT2D eigenvalue weighted by molar-refractivity contribution is 0.0593. The van der Waals surface area contributed by atoms with Gasteiger partial charge >= 0.3 is 5.97 Å². The van der Waals surface area contributed by atoms with Gasteiger partial charge in [-0.1, -0.05) is 6.07 Å². The second kappa shape index (κ2) is 11.1. The monoisotopic (exact) mass is 481 g/mol. The number of halogens is 1. The van der Waals surface area contributed by atoms with Crippen LogP contribution in [0.1, 0.15) is 27.3 Å². The third-order valence-electron chi connectivity index (χ3n) is 6.06. The average molecular weight is 482 g/mol. The predicted octanol–water partition coefficient (Wildman–Crippen LogP) is 2.86. The van der Waals surface area contributed by atoms with Crippen molar-refractivity contribution in [3.8, 4) is 11.5 Å². The number of fused-ring (bicyclic) bond motifs is 1. The Morgan fingerprint density at radius 2 is 1.97 bits per heavy atom. The molecule has 3 heterocycles. The number of aromatic nitrogens is 2. The van der Waals surface area contributed by atoms with Crippen molar-refractivity contribution in [1.82, 2.24) is 14.5 Å². The zero-order valence-corrected chi connectivity index (χ0v) is 19.8. The van der Waals surface area contributed by atoms with Gasteiger partial charge in [-0.2, -0.15) is 0 Å². The van der Waals surface area contributed by atoms with Crippen LogP contribution in [-0.4, -0.2) is 54.3 Å². The second-order valence-electron chi connectivity index (χ2n) is 8.21. The molecular weight excluding hydrogens is 453 g/mol. The SMILES string of the molecule is COC(=O)c1c(OCCc2ccccn2)cc(=O)n2c1CCN(Cc1cc(OC)ccc1F)CC2. The molecule has 0 saturated heterocycles. The standard InChI is InChI=1S/C26H28FN3O5/c1-33-20-6-7-21(27)18(15-20)17-29-11-8-22-25(26(32)34-2)23(16-24(31)30(22)13-12-29)35-14-9-19-5-3-4-10-28-19/h3-7,10,15-16H,8-9,11-14,17H2,1-2H3. The molecule has 0 N–H and O–H groups in total. The molecule has 3 aromatic rings. The van der Waals surface area contributed by atoms with E-state index in [2.05, 4.69) is 4.98 Å². The largest absolute Gasteiger partial charge is 0.497 e. The van der Waals surface area contributed by atoms with Crippen molar-refractivity contribution in [2.75, 3.05) is 33.9 Å². The number of benzene rings is 1. The van der Waals surface area contributed by atoms with E-state index in [0.717, 1.165) is 5.69 Å². The molecule has 8 nitrogen and oxygen atoms in total. The zero-order chi connectivity index (χ0) is 24.8. The molecule has 0 aliphatic carbocycles. The first-order chi connectivity index (χ1) is 17.0. The van der Waals surface area contributed by atoms with Crippen molar-refractivity contribution in [1.29, 1.82) is 0 Å². The molecular formula is C26H28FN3O5. The Bertz CT molecular complexity index is 1250. The Labute approximate surface area is 202 Å². The fourth-order valence-corrected chi connectivity index (χ4v) is 4.24. The molecule has 184 valence electrons. The van der Waals surface area contributed by atoms with Gasteiger partial charge in [0, 0.05) is 68.2 Å². The normalized spacial score (nSPS) is 13.6. The first kappa shape index (κ1) is 24.4. The van der Waals surface area contributed by atoms with Crippen molar-refractivity contribution in [2.45, 2.75) is 25.9 Å². The van der Waals surface area contributed by atoms with E-state index in [4.69, 9.17) is 14.2 Å². The summed E-state index contributed by atoms with van der Waals surface area (Å²) in [5.41, 5.74) is 1.91. The van der Waals surface area contributed by atoms with Gasteiger partial charge in [0.1, 0.15) is 22.9 Å². The van der Waals surface area contributed by atoms with Crippen LogP contribution >= 0.6 is 0 Å². The van der Waals surface area contributed by atoms with E-state index in [1.807, 2.05) is 23.1 Å². The molecule has 9 heteroatoms. The lowest BCUT2D eigenvalue weighted by Crippen LogP contribution is -2.29. The molecule has 4 rings (SSSR count). The smallest absolute Gasteiger partial charge is 0.343 e. The number of nitrogens with zero attached hydrogens (tertiary/aromatic N) is 3. The molecule has 0 unspecified atom stereocenters. The highest BCUT2D eigenvalue weighted by Crippen LogP contribution is 2.25. The van der Waals surface area contributed by atoms with Crippen LogP contribution < -0.4 is 15.0 Å². The molecule has 0 atom stereocenters. The zero-order valence-electron chi connectivity index (χ0n) is 19.8. The Morgan fingerprint density at radius 3 is 2.71 bits per heavy atom. The van der Waals surface area contributed by atoms with E-state index in [1.54, 1.807) is 22.9 Å². The molecule has 0 radical (unpaired) electrons. The summed E-state index contributed by atoms with van der Waals surface area (Å²) in [6, 6.07) is 11.6. The average Bonchev–Trinajstić information content (AvgIpc) is 3.09. The Morgan fingerprint density at radius 1 is 1.11 bits per heavy atom. The number of hydrogen-bond acceptors (Lipinski definition) is 7. The molecule has 0 bridgehead atoms. The maximum atomic E-state index is 14.4. The maximum Gasteiger partial charge on any atom is 0.343 e. The highest BCUT2D eigenvalue weighted by atomic mass is 19.1. The van der Waals surface area contributed by atoms with Crippen LogP contribution in [0.15, 0.2) is 53.5 Å². The summed E-state index contributed by atoms with van der Waals surface area (Å²) in [5, 5.41) is 0. The number of pyridine rings is 2. The topological polar surface area (TPSA) is 82.9 Å². The number of carbonyl (C=O) groups is 1. The van der Waals surface area contributed by atoms with Gasteiger partial charge in [0.2, 0.25) is 0 Å². The summed E-state index contributed by atoms with van der Waals surface area (Å²) in [5.74, 6) is -0.0926. The number of ether oxygens (including phenoxy) is 3. The minimum absolute atomic E-state index is 0.205. The first-order valence-corrected chi connectivity index (χ1v) is 11.4. The number of methoxy groups -OCH3 is 2. The van der Waals surface area contributed by atoms with Crippen molar-refractivity contribution < 1.29 is 23.4 Å². The summed E-state index contributed by atoms with van der Waals surface area (Å²) in [4.78, 5) is 32.0. The summed E-state index contributed by atoms with van der Waals surface area (Å²) >= 11 is 0. The van der Waals surface area contributed by atoms with E-state index >= 15 is 0 Å². The highest BCUT2D eigenvalue weighted by molar-refractivity contribution is 5.93. The molecule has 0 saturated carbocycles. The fraction of sp³-hybridized carbons (Fsp3) is 0.346. The third kappa shape index (κ3) is 5.68. The van der Waals surface area contributed by atoms with Crippen molar-refractivity contribution >= 4 is 5.97 Å². The molecule has 0 fully saturated rings. The van der Waals surface area contributed by atoms with Gasteiger partial charge in [0.05, 0.1) is 20.8 Å². The van der Waals surface area contributed by atoms with Gasteiger partial charge < -0.3 is 18.8 Å². The molecule has 2 aromatic heterocycles. The van der Waals surface area contributed by atoms with E-state index in [9.17, 15) is 14.0 Å². The lowest BCUT2D eigenvalue weighted by atomic mass is 10.1. The van der Waals surface area contributed by atoms with Gasteiger partial charge in [0.25, 0.3) is 5.56 Å². The highest BCUT2D eigenvalue weighted by Gasteiger charge is 2.26. The minimum Gasteiger partial charge on any atom is -0.497 e. The van der Waals surface area contributed by atoms with Gasteiger partial charge in [0.15, 0.2) is 0 Å². The van der Waals surface area contributed by atoms with Crippen LogP contribution in [-0.2, 0) is 30.7 Å². The molecule has 35 heavy (non-hydrogen) atoms. The van der Waals surface area contributed by atoms with Gasteiger partial charge in [-0.05, 0) is 30.3 Å². The van der Waals surface area contributed by atoms with Crippen molar-refractivity contribution in [3.63, 3.8) is 0 Å². The van der Waals surface area contributed by atoms with Crippen LogP contribution in [0.5, 0.6) is 11.5 Å². The van der Waals surface area contributed by atoms with Crippen LogP contribution in [0.2, 0.25) is 0 Å². The summed E-state index contributed by atoms with van der Waals surface area (Å²) in [6.45, 7) is 2.01. The molecule has 0 amide bonds. The molecule has 1 aliphatic heterocycles. The minimum atomic E-state index is -0.561. The molecule has 1 aromatic carbocycles. The second-order valence-corrected chi connectivity index (χ2v) is 8.21. The van der Waals surface area contributed by atoms with Crippen LogP contribution in [0.3, 0.4) is 0 Å². The van der Waals surface area contributed by atoms with Crippen molar-refractivity contribution in [3.05, 3.63) is 87.3 Å². The summed E-state index contributed by atoms with van der Waals surface area (Å²) in [6.07, 6.45) is 2.63. The van der Waals surface area contributed by atoms with Gasteiger partial charge in [-0.25, -0.2) is 9.18 Å². The van der Waals surface area contributed by atoms with Crippen LogP contribution in [0.25, 0.3) is 0 Å². The quantitative estimate of drug-likeness (QED) is 0.458. The van der Waals surface area contributed by atoms with Gasteiger partial charge in [-0.3, -0.25) is 14.7 Å². The number of hydrogen-bond donors (Lipinski definition) is 0. The third-order valence-corrected chi connectivity index (χ3v) is 6.06. The predicted molar refractivity (Wildman–Crippen MR) is 127 cm³/mol. The van der Waals surface area contributed by atoms with Crippen LogP contribution in [0, 0.1) is 5.82 Å². The Balaban J connectivity index is 1.56. The number of carbonyl (C=O) groups excluding carboxylic acids is 1. The van der Waals surface area contributed by atoms with Crippen molar-refractivity contribution in [2.24, 2.45) is 0 Å². The molecule has 0 spiro atoms. The van der Waals surface area contributed by atoms with E-state index in [-0.39, 0.29) is 29.3 Å². The lowest BCUT2D eigenvalue weighted by Gasteiger charge is -2.20. The summed E-state index contributed by atoms with van der Waals surface area (Å²) < 4.78 is 32.1. The van der Waals surface area contributed by atoms with Gasteiger partial charge in [-0.15, -0.1) is 0 Å². The Hall–Kier alpha value is -3.72. The first-order valence-electron chi connectivity index (χ1n) is 11.4. The van der Waals surface area contributed by atoms with E-state index in [0.29, 0.717) is 56.0 Å². The van der Waals surface area contributed by atoms with E-state index in [1.165, 1.54) is 26.4 Å². The fourth-order valence-electron chi connectivity index (χ4n) is 4.24. The number of esters is 1. The van der Waals surface area contributed by atoms with Crippen LogP contribution in [0.4, 0.5) is 4.39 Å². The Kier molecular flexibility index (Phi) is 7.77.